The molecule has 0 saturated carbocycles. The third-order valence-electron chi connectivity index (χ3n) is 3.77. The van der Waals surface area contributed by atoms with E-state index in [1.165, 1.54) is 11.8 Å². The third-order valence-corrected chi connectivity index (χ3v) is 5.33. The topological polar surface area (TPSA) is 47.4 Å². The number of carbonyl (C=O) groups excluding carboxylic acids is 1. The number of imidazole rings is 1. The summed E-state index contributed by atoms with van der Waals surface area (Å²) in [6.45, 7) is 2.63. The summed E-state index contributed by atoms with van der Waals surface area (Å²) in [7, 11) is 1.98. The summed E-state index contributed by atoms with van der Waals surface area (Å²) in [5.74, 6) is 0.552. The summed E-state index contributed by atoms with van der Waals surface area (Å²) in [6.07, 6.45) is 1.85. The second-order valence-electron chi connectivity index (χ2n) is 5.27. The molecule has 1 fully saturated rings. The number of rotatable bonds is 4. The van der Waals surface area contributed by atoms with E-state index < -0.39 is 0 Å². The van der Waals surface area contributed by atoms with E-state index in [0.717, 1.165) is 20.9 Å². The molecule has 0 radical (unpaired) electrons. The number of nitrogens with zero attached hydrogens (tertiary/aromatic N) is 3. The summed E-state index contributed by atoms with van der Waals surface area (Å²) >= 11 is 4.92. The number of amides is 1. The van der Waals surface area contributed by atoms with Crippen molar-refractivity contribution in [3.8, 4) is 11.3 Å². The van der Waals surface area contributed by atoms with Crippen LogP contribution in [0, 0.1) is 0 Å². The molecule has 1 saturated heterocycles. The summed E-state index contributed by atoms with van der Waals surface area (Å²) in [6, 6.07) is 8.12. The number of thioether (sulfide) groups is 1. The average molecular weight is 396 g/mol. The number of halogens is 1. The van der Waals surface area contributed by atoms with Crippen molar-refractivity contribution in [2.75, 3.05) is 32.1 Å². The van der Waals surface area contributed by atoms with Gasteiger partial charge in [-0.25, -0.2) is 4.98 Å². The Morgan fingerprint density at radius 1 is 1.30 bits per heavy atom. The van der Waals surface area contributed by atoms with Gasteiger partial charge in [-0.15, -0.1) is 0 Å². The Morgan fingerprint density at radius 3 is 2.70 bits per heavy atom. The van der Waals surface area contributed by atoms with Gasteiger partial charge in [-0.1, -0.05) is 39.8 Å². The van der Waals surface area contributed by atoms with E-state index in [0.29, 0.717) is 32.1 Å². The summed E-state index contributed by atoms with van der Waals surface area (Å²) in [5.41, 5.74) is 2.15. The highest BCUT2D eigenvalue weighted by Gasteiger charge is 2.18. The predicted octanol–water partition coefficient (Wildman–Crippen LogP) is 2.80. The first-order valence-electron chi connectivity index (χ1n) is 7.41. The van der Waals surface area contributed by atoms with E-state index in [-0.39, 0.29) is 5.91 Å². The van der Waals surface area contributed by atoms with Gasteiger partial charge in [-0.05, 0) is 17.7 Å². The molecule has 1 aromatic heterocycles. The largest absolute Gasteiger partial charge is 0.378 e. The lowest BCUT2D eigenvalue weighted by molar-refractivity contribution is -0.132. The molecule has 0 spiro atoms. The van der Waals surface area contributed by atoms with Crippen molar-refractivity contribution in [1.82, 2.24) is 14.5 Å². The lowest BCUT2D eigenvalue weighted by Gasteiger charge is -2.26. The molecule has 1 aromatic carbocycles. The summed E-state index contributed by atoms with van der Waals surface area (Å²) in [4.78, 5) is 18.5. The van der Waals surface area contributed by atoms with Gasteiger partial charge in [0.25, 0.3) is 0 Å². The van der Waals surface area contributed by atoms with Crippen LogP contribution < -0.4 is 0 Å². The van der Waals surface area contributed by atoms with Gasteiger partial charge in [0.1, 0.15) is 0 Å². The van der Waals surface area contributed by atoms with E-state index in [9.17, 15) is 4.79 Å². The minimum Gasteiger partial charge on any atom is -0.378 e. The van der Waals surface area contributed by atoms with Crippen LogP contribution in [0.25, 0.3) is 11.3 Å². The van der Waals surface area contributed by atoms with E-state index >= 15 is 0 Å². The number of morpholine rings is 1. The van der Waals surface area contributed by atoms with Crippen LogP contribution in [0.4, 0.5) is 0 Å². The molecule has 0 N–H and O–H groups in total. The maximum absolute atomic E-state index is 12.2. The fourth-order valence-electron chi connectivity index (χ4n) is 2.45. The predicted molar refractivity (Wildman–Crippen MR) is 94.5 cm³/mol. The number of benzene rings is 1. The van der Waals surface area contributed by atoms with Crippen molar-refractivity contribution in [2.45, 2.75) is 5.16 Å². The average Bonchev–Trinajstić information content (AvgIpc) is 2.95. The highest BCUT2D eigenvalue weighted by atomic mass is 79.9. The molecule has 0 unspecified atom stereocenters. The van der Waals surface area contributed by atoms with Crippen molar-refractivity contribution < 1.29 is 9.53 Å². The van der Waals surface area contributed by atoms with E-state index in [4.69, 9.17) is 4.74 Å². The van der Waals surface area contributed by atoms with Crippen molar-refractivity contribution in [3.63, 3.8) is 0 Å². The van der Waals surface area contributed by atoms with Gasteiger partial charge in [0.05, 0.1) is 30.9 Å². The Hall–Kier alpha value is -1.31. The zero-order valence-corrected chi connectivity index (χ0v) is 15.3. The highest BCUT2D eigenvalue weighted by molar-refractivity contribution is 9.10. The van der Waals surface area contributed by atoms with Gasteiger partial charge in [0.15, 0.2) is 5.16 Å². The minimum absolute atomic E-state index is 0.145. The molecule has 2 heterocycles. The van der Waals surface area contributed by atoms with Gasteiger partial charge in [-0.3, -0.25) is 4.79 Å². The van der Waals surface area contributed by atoms with Crippen molar-refractivity contribution in [3.05, 3.63) is 34.9 Å². The quantitative estimate of drug-likeness (QED) is 0.746. The van der Waals surface area contributed by atoms with Crippen LogP contribution in [0.5, 0.6) is 0 Å². The third kappa shape index (κ3) is 3.97. The van der Waals surface area contributed by atoms with Gasteiger partial charge >= 0.3 is 0 Å². The van der Waals surface area contributed by atoms with Crippen molar-refractivity contribution >= 4 is 33.6 Å². The van der Waals surface area contributed by atoms with Crippen LogP contribution in [0.2, 0.25) is 0 Å². The molecule has 122 valence electrons. The minimum atomic E-state index is 0.145. The summed E-state index contributed by atoms with van der Waals surface area (Å²) in [5, 5.41) is 0.851. The standard InChI is InChI=1S/C16H18BrN3O2S/c1-19-14(12-2-4-13(17)5-3-12)10-18-16(19)23-11-15(21)20-6-8-22-9-7-20/h2-5,10H,6-9,11H2,1H3. The smallest absolute Gasteiger partial charge is 0.233 e. The Kier molecular flexibility index (Phi) is 5.40. The zero-order valence-electron chi connectivity index (χ0n) is 12.9. The lowest BCUT2D eigenvalue weighted by atomic mass is 10.2. The van der Waals surface area contributed by atoms with Crippen LogP contribution in [0.3, 0.4) is 0 Å². The van der Waals surface area contributed by atoms with Crippen LogP contribution >= 0.6 is 27.7 Å². The van der Waals surface area contributed by atoms with Crippen molar-refractivity contribution in [2.24, 2.45) is 7.05 Å². The molecule has 5 nitrogen and oxygen atoms in total. The van der Waals surface area contributed by atoms with E-state index in [2.05, 4.69) is 33.0 Å². The highest BCUT2D eigenvalue weighted by Crippen LogP contribution is 2.26. The van der Waals surface area contributed by atoms with Crippen LogP contribution in [-0.4, -0.2) is 52.4 Å². The molecular formula is C16H18BrN3O2S. The molecule has 2 aromatic rings. The van der Waals surface area contributed by atoms with Gasteiger partial charge in [-0.2, -0.15) is 0 Å². The molecule has 1 amide bonds. The van der Waals surface area contributed by atoms with Crippen molar-refractivity contribution in [1.29, 1.82) is 0 Å². The molecular weight excluding hydrogens is 378 g/mol. The molecule has 0 bridgehead atoms. The Labute approximate surface area is 148 Å². The fourth-order valence-corrected chi connectivity index (χ4v) is 3.56. The number of hydrogen-bond donors (Lipinski definition) is 0. The van der Waals surface area contributed by atoms with Crippen LogP contribution in [0.1, 0.15) is 0 Å². The fraction of sp³-hybridized carbons (Fsp3) is 0.375. The SMILES string of the molecule is Cn1c(-c2ccc(Br)cc2)cnc1SCC(=O)N1CCOCC1. The monoisotopic (exact) mass is 395 g/mol. The zero-order chi connectivity index (χ0) is 16.2. The maximum Gasteiger partial charge on any atom is 0.233 e. The first-order valence-corrected chi connectivity index (χ1v) is 9.19. The number of carbonyl (C=O) groups is 1. The number of ether oxygens (including phenoxy) is 1. The number of aromatic nitrogens is 2. The molecule has 3 rings (SSSR count). The second-order valence-corrected chi connectivity index (χ2v) is 7.13. The van der Waals surface area contributed by atoms with Gasteiger partial charge < -0.3 is 14.2 Å². The first kappa shape index (κ1) is 16.5. The second kappa shape index (κ2) is 7.51. The van der Waals surface area contributed by atoms with E-state index in [1.807, 2.05) is 34.8 Å². The van der Waals surface area contributed by atoms with E-state index in [1.54, 1.807) is 0 Å². The lowest BCUT2D eigenvalue weighted by Crippen LogP contribution is -2.41. The Bertz CT molecular complexity index is 681. The van der Waals surface area contributed by atoms with Crippen LogP contribution in [-0.2, 0) is 16.6 Å². The molecule has 1 aliphatic heterocycles. The number of hydrogen-bond acceptors (Lipinski definition) is 4. The Morgan fingerprint density at radius 2 is 2.00 bits per heavy atom. The van der Waals surface area contributed by atoms with Crippen LogP contribution in [0.15, 0.2) is 40.1 Å². The molecule has 23 heavy (non-hydrogen) atoms. The van der Waals surface area contributed by atoms with Gasteiger partial charge in [0.2, 0.25) is 5.91 Å². The molecule has 1 aliphatic rings. The molecule has 7 heteroatoms. The maximum atomic E-state index is 12.2. The first-order chi connectivity index (χ1) is 11.1. The van der Waals surface area contributed by atoms with Gasteiger partial charge in [0, 0.05) is 24.6 Å². The molecule has 0 atom stereocenters. The summed E-state index contributed by atoms with van der Waals surface area (Å²) < 4.78 is 8.35. The normalized spacial score (nSPS) is 15.0. The Balaban J connectivity index is 1.65. The molecule has 0 aliphatic carbocycles.